The van der Waals surface area contributed by atoms with Gasteiger partial charge < -0.3 is 19.9 Å². The van der Waals surface area contributed by atoms with Crippen LogP contribution < -0.4 is 15.4 Å². The number of nitrogens with zero attached hydrogens (tertiary/aromatic N) is 4. The molecule has 7 nitrogen and oxygen atoms in total. The predicted molar refractivity (Wildman–Crippen MR) is 113 cm³/mol. The molecule has 0 saturated carbocycles. The van der Waals surface area contributed by atoms with Crippen LogP contribution in [0.4, 0.5) is 4.39 Å². The van der Waals surface area contributed by atoms with Gasteiger partial charge in [-0.25, -0.2) is 9.38 Å². The molecule has 0 fully saturated rings. The Bertz CT molecular complexity index is 1050. The maximum atomic E-state index is 13.5. The average Bonchev–Trinajstić information content (AvgIpc) is 3.08. The van der Waals surface area contributed by atoms with E-state index in [4.69, 9.17) is 4.74 Å². The molecule has 8 heteroatoms. The maximum absolute atomic E-state index is 13.5. The Balaban J connectivity index is 1.53. The minimum Gasteiger partial charge on any atom is -0.493 e. The van der Waals surface area contributed by atoms with E-state index in [1.807, 2.05) is 42.8 Å². The Morgan fingerprint density at radius 1 is 1.23 bits per heavy atom. The van der Waals surface area contributed by atoms with Crippen molar-refractivity contribution in [3.63, 3.8) is 0 Å². The zero-order valence-corrected chi connectivity index (χ0v) is 17.1. The number of guanidine groups is 1. The average molecular weight is 408 g/mol. The van der Waals surface area contributed by atoms with Gasteiger partial charge in [-0.2, -0.15) is 0 Å². The number of aliphatic imine (C=N–C) groups is 1. The molecule has 0 radical (unpaired) electrons. The van der Waals surface area contributed by atoms with Gasteiger partial charge in [0.2, 0.25) is 0 Å². The van der Waals surface area contributed by atoms with E-state index in [1.54, 1.807) is 6.07 Å². The van der Waals surface area contributed by atoms with Crippen LogP contribution in [0, 0.1) is 12.7 Å². The molecule has 0 amide bonds. The normalized spacial score (nSPS) is 16.0. The number of para-hydroxylation sites is 1. The number of hydrogen-bond acceptors (Lipinski definition) is 4. The van der Waals surface area contributed by atoms with Gasteiger partial charge in [0, 0.05) is 19.0 Å². The number of halogens is 1. The minimum atomic E-state index is -0.266. The van der Waals surface area contributed by atoms with Gasteiger partial charge in [-0.05, 0) is 30.7 Å². The van der Waals surface area contributed by atoms with E-state index >= 15 is 0 Å². The standard InChI is InChI=1S/C22H25FN6O/c1-15-27-28-21(29(15)2)14-25-22(24-13-16-6-5-7-17(23)12-16)26-19-10-11-30-20-9-4-3-8-18(19)20/h3-9,12,19H,10-11,13-14H2,1-2H3,(H2,24,25,26). The van der Waals surface area contributed by atoms with Crippen LogP contribution in [0.3, 0.4) is 0 Å². The summed E-state index contributed by atoms with van der Waals surface area (Å²) in [5, 5.41) is 15.1. The van der Waals surface area contributed by atoms with Crippen molar-refractivity contribution in [2.45, 2.75) is 32.5 Å². The van der Waals surface area contributed by atoms with Gasteiger partial charge in [-0.3, -0.25) is 0 Å². The Labute approximate surface area is 175 Å². The molecule has 156 valence electrons. The summed E-state index contributed by atoms with van der Waals surface area (Å²) in [6.45, 7) is 3.37. The lowest BCUT2D eigenvalue weighted by Crippen LogP contribution is -2.41. The fourth-order valence-corrected chi connectivity index (χ4v) is 3.38. The largest absolute Gasteiger partial charge is 0.493 e. The molecular weight excluding hydrogens is 383 g/mol. The third-order valence-electron chi connectivity index (χ3n) is 5.17. The van der Waals surface area contributed by atoms with E-state index in [-0.39, 0.29) is 11.9 Å². The fraction of sp³-hybridized carbons (Fsp3) is 0.318. The highest BCUT2D eigenvalue weighted by Gasteiger charge is 2.22. The smallest absolute Gasteiger partial charge is 0.192 e. The SMILES string of the molecule is Cc1nnc(CNC(=NCc2cccc(F)c2)NC2CCOc3ccccc32)n1C. The van der Waals surface area contributed by atoms with Gasteiger partial charge in [0.25, 0.3) is 0 Å². The van der Waals surface area contributed by atoms with Crippen molar-refractivity contribution in [2.75, 3.05) is 6.61 Å². The lowest BCUT2D eigenvalue weighted by Gasteiger charge is -2.28. The Hall–Kier alpha value is -3.42. The highest BCUT2D eigenvalue weighted by Crippen LogP contribution is 2.31. The van der Waals surface area contributed by atoms with Gasteiger partial charge in [0.1, 0.15) is 17.4 Å². The van der Waals surface area contributed by atoms with Crippen LogP contribution in [0.2, 0.25) is 0 Å². The van der Waals surface area contributed by atoms with E-state index in [9.17, 15) is 4.39 Å². The summed E-state index contributed by atoms with van der Waals surface area (Å²) in [6.07, 6.45) is 0.820. The Kier molecular flexibility index (Phi) is 5.92. The molecular formula is C22H25FN6O. The number of hydrogen-bond donors (Lipinski definition) is 2. The molecule has 0 saturated heterocycles. The zero-order chi connectivity index (χ0) is 20.9. The first-order chi connectivity index (χ1) is 14.6. The second-order valence-electron chi connectivity index (χ2n) is 7.24. The van der Waals surface area contributed by atoms with Crippen LogP contribution in [0.1, 0.15) is 35.2 Å². The summed E-state index contributed by atoms with van der Waals surface area (Å²) in [5.41, 5.74) is 1.90. The van der Waals surface area contributed by atoms with Crippen LogP contribution in [0.15, 0.2) is 53.5 Å². The van der Waals surface area contributed by atoms with Crippen LogP contribution in [0.25, 0.3) is 0 Å². The van der Waals surface area contributed by atoms with E-state index in [0.29, 0.717) is 25.7 Å². The molecule has 30 heavy (non-hydrogen) atoms. The monoisotopic (exact) mass is 408 g/mol. The highest BCUT2D eigenvalue weighted by molar-refractivity contribution is 5.80. The lowest BCUT2D eigenvalue weighted by atomic mass is 10.0. The molecule has 1 unspecified atom stereocenters. The Morgan fingerprint density at radius 2 is 2.10 bits per heavy atom. The van der Waals surface area contributed by atoms with Crippen molar-refractivity contribution in [1.82, 2.24) is 25.4 Å². The fourth-order valence-electron chi connectivity index (χ4n) is 3.38. The molecule has 1 aliphatic heterocycles. The summed E-state index contributed by atoms with van der Waals surface area (Å²) < 4.78 is 21.2. The molecule has 0 bridgehead atoms. The molecule has 1 atom stereocenters. The van der Waals surface area contributed by atoms with Crippen molar-refractivity contribution in [1.29, 1.82) is 0 Å². The Morgan fingerprint density at radius 3 is 2.90 bits per heavy atom. The van der Waals surface area contributed by atoms with Gasteiger partial charge in [-0.1, -0.05) is 30.3 Å². The second-order valence-corrected chi connectivity index (χ2v) is 7.24. The van der Waals surface area contributed by atoms with Gasteiger partial charge in [0.05, 0.1) is 25.7 Å². The van der Waals surface area contributed by atoms with E-state index in [0.717, 1.165) is 34.9 Å². The van der Waals surface area contributed by atoms with Crippen molar-refractivity contribution in [2.24, 2.45) is 12.0 Å². The number of nitrogens with one attached hydrogen (secondary N) is 2. The molecule has 0 spiro atoms. The first-order valence-electron chi connectivity index (χ1n) is 9.96. The highest BCUT2D eigenvalue weighted by atomic mass is 19.1. The van der Waals surface area contributed by atoms with Crippen LogP contribution >= 0.6 is 0 Å². The van der Waals surface area contributed by atoms with E-state index < -0.39 is 0 Å². The number of ether oxygens (including phenoxy) is 1. The molecule has 2 N–H and O–H groups in total. The third-order valence-corrected chi connectivity index (χ3v) is 5.17. The summed E-state index contributed by atoms with van der Waals surface area (Å²) >= 11 is 0. The number of rotatable bonds is 5. The van der Waals surface area contributed by atoms with Crippen molar-refractivity contribution >= 4 is 5.96 Å². The van der Waals surface area contributed by atoms with E-state index in [1.165, 1.54) is 12.1 Å². The number of aryl methyl sites for hydroxylation is 1. The minimum absolute atomic E-state index is 0.0648. The second kappa shape index (κ2) is 8.94. The number of fused-ring (bicyclic) bond motifs is 1. The van der Waals surface area contributed by atoms with Crippen molar-refractivity contribution in [3.05, 3.63) is 77.1 Å². The lowest BCUT2D eigenvalue weighted by molar-refractivity contribution is 0.261. The molecule has 1 aromatic heterocycles. The molecule has 0 aliphatic carbocycles. The summed E-state index contributed by atoms with van der Waals surface area (Å²) in [6, 6.07) is 14.5. The predicted octanol–water partition coefficient (Wildman–Crippen LogP) is 3.02. The quantitative estimate of drug-likeness (QED) is 0.501. The van der Waals surface area contributed by atoms with Crippen LogP contribution in [-0.2, 0) is 20.1 Å². The number of aromatic nitrogens is 3. The van der Waals surface area contributed by atoms with Crippen LogP contribution in [0.5, 0.6) is 5.75 Å². The van der Waals surface area contributed by atoms with E-state index in [2.05, 4.69) is 31.9 Å². The molecule has 4 rings (SSSR count). The van der Waals surface area contributed by atoms with Crippen LogP contribution in [-0.4, -0.2) is 27.3 Å². The molecule has 2 aromatic carbocycles. The van der Waals surface area contributed by atoms with Gasteiger partial charge >= 0.3 is 0 Å². The topological polar surface area (TPSA) is 76.4 Å². The summed E-state index contributed by atoms with van der Waals surface area (Å²) in [5.74, 6) is 2.89. The van der Waals surface area contributed by atoms with Crippen molar-refractivity contribution < 1.29 is 9.13 Å². The zero-order valence-electron chi connectivity index (χ0n) is 17.1. The summed E-state index contributed by atoms with van der Waals surface area (Å²) in [4.78, 5) is 4.68. The molecule has 1 aliphatic rings. The summed E-state index contributed by atoms with van der Waals surface area (Å²) in [7, 11) is 1.93. The van der Waals surface area contributed by atoms with Gasteiger partial charge in [-0.15, -0.1) is 10.2 Å². The van der Waals surface area contributed by atoms with Gasteiger partial charge in [0.15, 0.2) is 11.8 Å². The third kappa shape index (κ3) is 4.59. The number of benzene rings is 2. The first kappa shape index (κ1) is 19.9. The maximum Gasteiger partial charge on any atom is 0.192 e. The molecule has 2 heterocycles. The first-order valence-corrected chi connectivity index (χ1v) is 9.96. The van der Waals surface area contributed by atoms with Crippen molar-refractivity contribution in [3.8, 4) is 5.75 Å². The molecule has 3 aromatic rings.